The van der Waals surface area contributed by atoms with Crippen LogP contribution in [0.4, 0.5) is 0 Å². The summed E-state index contributed by atoms with van der Waals surface area (Å²) < 4.78 is 0.437. The molecular weight excluding hydrogens is 216 g/mol. The standard InChI is InChI=1S/C13H28N2S/c1-6-13(4,9-14-5)11-15-7-8-16-12(2,3)10-15/h14H,6-11H2,1-5H3. The van der Waals surface area contributed by atoms with Crippen LogP contribution in [0.2, 0.25) is 0 Å². The van der Waals surface area contributed by atoms with Crippen LogP contribution in [-0.2, 0) is 0 Å². The van der Waals surface area contributed by atoms with Gasteiger partial charge in [0.2, 0.25) is 0 Å². The Balaban J connectivity index is 2.51. The van der Waals surface area contributed by atoms with Crippen LogP contribution in [0, 0.1) is 5.41 Å². The number of nitrogens with zero attached hydrogens (tertiary/aromatic N) is 1. The summed E-state index contributed by atoms with van der Waals surface area (Å²) >= 11 is 2.11. The fourth-order valence-corrected chi connectivity index (χ4v) is 3.68. The van der Waals surface area contributed by atoms with E-state index in [2.05, 4.69) is 56.7 Å². The molecule has 1 fully saturated rings. The number of thioether (sulfide) groups is 1. The third-order valence-electron chi connectivity index (χ3n) is 3.57. The van der Waals surface area contributed by atoms with Gasteiger partial charge in [0.15, 0.2) is 0 Å². The first-order valence-corrected chi connectivity index (χ1v) is 7.40. The second kappa shape index (κ2) is 5.74. The predicted octanol–water partition coefficient (Wildman–Crippen LogP) is 2.45. The quantitative estimate of drug-likeness (QED) is 0.800. The SMILES string of the molecule is CCC(C)(CNC)CN1CCSC(C)(C)C1. The van der Waals surface area contributed by atoms with Gasteiger partial charge in [-0.05, 0) is 32.7 Å². The molecule has 1 aliphatic heterocycles. The summed E-state index contributed by atoms with van der Waals surface area (Å²) in [6, 6.07) is 0. The van der Waals surface area contributed by atoms with Crippen LogP contribution < -0.4 is 5.32 Å². The number of rotatable bonds is 5. The molecule has 3 heteroatoms. The first-order valence-electron chi connectivity index (χ1n) is 6.42. The van der Waals surface area contributed by atoms with E-state index >= 15 is 0 Å². The molecule has 0 saturated carbocycles. The molecule has 0 radical (unpaired) electrons. The second-order valence-corrected chi connectivity index (χ2v) is 7.82. The third-order valence-corrected chi connectivity index (χ3v) is 4.86. The molecule has 1 heterocycles. The van der Waals surface area contributed by atoms with Crippen molar-refractivity contribution in [2.75, 3.05) is 39.0 Å². The molecule has 0 aromatic rings. The maximum absolute atomic E-state index is 3.34. The Morgan fingerprint density at radius 1 is 1.44 bits per heavy atom. The predicted molar refractivity (Wildman–Crippen MR) is 75.3 cm³/mol. The van der Waals surface area contributed by atoms with Crippen LogP contribution in [0.15, 0.2) is 0 Å². The average molecular weight is 244 g/mol. The molecule has 1 rings (SSSR count). The summed E-state index contributed by atoms with van der Waals surface area (Å²) in [7, 11) is 2.06. The Morgan fingerprint density at radius 3 is 2.62 bits per heavy atom. The third kappa shape index (κ3) is 4.27. The lowest BCUT2D eigenvalue weighted by molar-refractivity contribution is 0.152. The van der Waals surface area contributed by atoms with Crippen molar-refractivity contribution in [1.82, 2.24) is 10.2 Å². The summed E-state index contributed by atoms with van der Waals surface area (Å²) in [4.78, 5) is 2.65. The Morgan fingerprint density at radius 2 is 2.12 bits per heavy atom. The fourth-order valence-electron chi connectivity index (χ4n) is 2.51. The van der Waals surface area contributed by atoms with E-state index in [0.29, 0.717) is 10.2 Å². The first-order chi connectivity index (χ1) is 7.41. The van der Waals surface area contributed by atoms with Crippen LogP contribution in [0.5, 0.6) is 0 Å². The fraction of sp³-hybridized carbons (Fsp3) is 1.00. The van der Waals surface area contributed by atoms with E-state index in [1.807, 2.05) is 0 Å². The molecule has 16 heavy (non-hydrogen) atoms. The molecule has 0 spiro atoms. The molecule has 0 aromatic carbocycles. The van der Waals surface area contributed by atoms with Crippen molar-refractivity contribution >= 4 is 11.8 Å². The molecule has 1 unspecified atom stereocenters. The maximum Gasteiger partial charge on any atom is 0.0231 e. The van der Waals surface area contributed by atoms with Gasteiger partial charge in [-0.3, -0.25) is 0 Å². The lowest BCUT2D eigenvalue weighted by Gasteiger charge is -2.42. The molecule has 0 amide bonds. The van der Waals surface area contributed by atoms with Crippen LogP contribution >= 0.6 is 11.8 Å². The van der Waals surface area contributed by atoms with Crippen molar-refractivity contribution in [3.05, 3.63) is 0 Å². The molecule has 1 aliphatic rings. The van der Waals surface area contributed by atoms with Gasteiger partial charge in [-0.25, -0.2) is 0 Å². The van der Waals surface area contributed by atoms with E-state index in [9.17, 15) is 0 Å². The molecule has 1 atom stereocenters. The first kappa shape index (κ1) is 14.3. The van der Waals surface area contributed by atoms with Crippen molar-refractivity contribution in [3.63, 3.8) is 0 Å². The minimum Gasteiger partial charge on any atom is -0.319 e. The topological polar surface area (TPSA) is 15.3 Å². The zero-order valence-corrected chi connectivity index (χ0v) is 12.4. The van der Waals surface area contributed by atoms with Gasteiger partial charge in [-0.2, -0.15) is 11.8 Å². The Bertz CT molecular complexity index is 218. The summed E-state index contributed by atoms with van der Waals surface area (Å²) in [6.07, 6.45) is 1.25. The summed E-state index contributed by atoms with van der Waals surface area (Å²) in [5.41, 5.74) is 0.423. The second-order valence-electron chi connectivity index (χ2n) is 6.01. The summed E-state index contributed by atoms with van der Waals surface area (Å²) in [6.45, 7) is 14.3. The molecule has 2 nitrogen and oxygen atoms in total. The molecule has 0 aromatic heterocycles. The summed E-state index contributed by atoms with van der Waals surface area (Å²) in [5, 5.41) is 3.34. The molecule has 1 N–H and O–H groups in total. The lowest BCUT2D eigenvalue weighted by atomic mass is 9.86. The number of hydrogen-bond donors (Lipinski definition) is 1. The Kier molecular flexibility index (Phi) is 5.14. The average Bonchev–Trinajstić information content (AvgIpc) is 2.16. The van der Waals surface area contributed by atoms with Crippen molar-refractivity contribution < 1.29 is 0 Å². The van der Waals surface area contributed by atoms with E-state index in [1.165, 1.54) is 31.8 Å². The van der Waals surface area contributed by atoms with Gasteiger partial charge in [0, 0.05) is 36.7 Å². The van der Waals surface area contributed by atoms with E-state index in [4.69, 9.17) is 0 Å². The van der Waals surface area contributed by atoms with Crippen molar-refractivity contribution in [2.24, 2.45) is 5.41 Å². The molecule has 0 bridgehead atoms. The molecule has 0 aliphatic carbocycles. The summed E-state index contributed by atoms with van der Waals surface area (Å²) in [5.74, 6) is 1.28. The highest BCUT2D eigenvalue weighted by Gasteiger charge is 2.31. The zero-order valence-electron chi connectivity index (χ0n) is 11.6. The highest BCUT2D eigenvalue weighted by Crippen LogP contribution is 2.31. The van der Waals surface area contributed by atoms with Crippen molar-refractivity contribution in [3.8, 4) is 0 Å². The van der Waals surface area contributed by atoms with Gasteiger partial charge < -0.3 is 10.2 Å². The van der Waals surface area contributed by atoms with Crippen LogP contribution in [0.3, 0.4) is 0 Å². The minimum absolute atomic E-state index is 0.423. The molecular formula is C13H28N2S. The maximum atomic E-state index is 3.34. The van der Waals surface area contributed by atoms with E-state index < -0.39 is 0 Å². The Hall–Kier alpha value is 0.270. The highest BCUT2D eigenvalue weighted by molar-refractivity contribution is 8.00. The van der Waals surface area contributed by atoms with Crippen molar-refractivity contribution in [1.29, 1.82) is 0 Å². The molecule has 96 valence electrons. The Labute approximate surface area is 106 Å². The lowest BCUT2D eigenvalue weighted by Crippen LogP contribution is -2.49. The molecule has 1 saturated heterocycles. The van der Waals surface area contributed by atoms with E-state index in [-0.39, 0.29) is 0 Å². The van der Waals surface area contributed by atoms with Gasteiger partial charge in [0.1, 0.15) is 0 Å². The van der Waals surface area contributed by atoms with Crippen LogP contribution in [-0.4, -0.2) is 48.6 Å². The van der Waals surface area contributed by atoms with Gasteiger partial charge in [-0.15, -0.1) is 0 Å². The largest absolute Gasteiger partial charge is 0.319 e. The van der Waals surface area contributed by atoms with Gasteiger partial charge in [-0.1, -0.05) is 13.8 Å². The minimum atomic E-state index is 0.423. The number of nitrogens with one attached hydrogen (secondary N) is 1. The van der Waals surface area contributed by atoms with E-state index in [1.54, 1.807) is 0 Å². The van der Waals surface area contributed by atoms with Gasteiger partial charge in [0.05, 0.1) is 0 Å². The van der Waals surface area contributed by atoms with Gasteiger partial charge >= 0.3 is 0 Å². The van der Waals surface area contributed by atoms with E-state index in [0.717, 1.165) is 6.54 Å². The van der Waals surface area contributed by atoms with Gasteiger partial charge in [0.25, 0.3) is 0 Å². The van der Waals surface area contributed by atoms with Crippen LogP contribution in [0.1, 0.15) is 34.1 Å². The number of hydrogen-bond acceptors (Lipinski definition) is 3. The smallest absolute Gasteiger partial charge is 0.0231 e. The highest BCUT2D eigenvalue weighted by atomic mass is 32.2. The monoisotopic (exact) mass is 244 g/mol. The van der Waals surface area contributed by atoms with Crippen molar-refractivity contribution in [2.45, 2.75) is 38.9 Å². The van der Waals surface area contributed by atoms with Crippen LogP contribution in [0.25, 0.3) is 0 Å². The normalized spacial score (nSPS) is 25.3. The zero-order chi connectivity index (χ0) is 12.2.